The van der Waals surface area contributed by atoms with Crippen LogP contribution in [0.3, 0.4) is 0 Å². The zero-order chi connectivity index (χ0) is 10.4. The molecule has 0 aliphatic rings. The summed E-state index contributed by atoms with van der Waals surface area (Å²) >= 11 is 7.33. The molecular formula is C11H12ClNS. The van der Waals surface area contributed by atoms with Crippen LogP contribution < -0.4 is 0 Å². The Morgan fingerprint density at radius 3 is 2.86 bits per heavy atom. The van der Waals surface area contributed by atoms with Crippen molar-refractivity contribution >= 4 is 23.4 Å². The predicted octanol–water partition coefficient (Wildman–Crippen LogP) is 3.73. The molecule has 0 spiro atoms. The van der Waals surface area contributed by atoms with E-state index in [1.54, 1.807) is 0 Å². The van der Waals surface area contributed by atoms with Crippen molar-refractivity contribution in [2.75, 3.05) is 5.75 Å². The molecule has 3 heteroatoms. The van der Waals surface area contributed by atoms with Crippen molar-refractivity contribution in [3.05, 3.63) is 34.9 Å². The van der Waals surface area contributed by atoms with Crippen LogP contribution in [0.2, 0.25) is 5.02 Å². The number of nitrogens with zero attached hydrogens (tertiary/aromatic N) is 1. The number of hydrogen-bond acceptors (Lipinski definition) is 2. The maximum absolute atomic E-state index is 8.42. The first-order chi connectivity index (χ1) is 6.74. The minimum Gasteiger partial charge on any atom is -0.185 e. The quantitative estimate of drug-likeness (QED) is 0.729. The van der Waals surface area contributed by atoms with E-state index in [0.717, 1.165) is 17.2 Å². The van der Waals surface area contributed by atoms with Crippen molar-refractivity contribution in [2.24, 2.45) is 5.92 Å². The smallest absolute Gasteiger partial charge is 0.133 e. The number of thiocyanates is 1. The number of rotatable bonds is 4. The molecule has 0 aliphatic heterocycles. The normalized spacial score (nSPS) is 12.1. The van der Waals surface area contributed by atoms with Gasteiger partial charge in [0.15, 0.2) is 0 Å². The molecule has 0 radical (unpaired) electrons. The van der Waals surface area contributed by atoms with Gasteiger partial charge in [0.2, 0.25) is 0 Å². The monoisotopic (exact) mass is 225 g/mol. The van der Waals surface area contributed by atoms with Gasteiger partial charge in [-0.2, -0.15) is 5.26 Å². The van der Waals surface area contributed by atoms with Gasteiger partial charge in [-0.25, -0.2) is 0 Å². The van der Waals surface area contributed by atoms with E-state index in [4.69, 9.17) is 16.9 Å². The highest BCUT2D eigenvalue weighted by Gasteiger charge is 2.06. The summed E-state index contributed by atoms with van der Waals surface area (Å²) < 4.78 is 0. The van der Waals surface area contributed by atoms with Gasteiger partial charge in [0, 0.05) is 10.8 Å². The lowest BCUT2D eigenvalue weighted by atomic mass is 10.0. The number of benzene rings is 1. The summed E-state index contributed by atoms with van der Waals surface area (Å²) in [6, 6.07) is 7.86. The molecule has 1 aromatic carbocycles. The molecule has 74 valence electrons. The molecule has 0 N–H and O–H groups in total. The van der Waals surface area contributed by atoms with Gasteiger partial charge in [0.1, 0.15) is 5.40 Å². The fraction of sp³-hybridized carbons (Fsp3) is 0.364. The summed E-state index contributed by atoms with van der Waals surface area (Å²) in [5, 5.41) is 11.3. The molecule has 14 heavy (non-hydrogen) atoms. The zero-order valence-electron chi connectivity index (χ0n) is 8.03. The Morgan fingerprint density at radius 1 is 1.50 bits per heavy atom. The number of thioether (sulfide) groups is 1. The van der Waals surface area contributed by atoms with Crippen molar-refractivity contribution in [2.45, 2.75) is 13.3 Å². The van der Waals surface area contributed by atoms with E-state index in [1.165, 1.54) is 17.3 Å². The lowest BCUT2D eigenvalue weighted by molar-refractivity contribution is 0.660. The third-order valence-corrected chi connectivity index (χ3v) is 3.19. The summed E-state index contributed by atoms with van der Waals surface area (Å²) in [6.45, 7) is 2.13. The Kier molecular flexibility index (Phi) is 4.86. The standard InChI is InChI=1S/C11H12ClNS/c1-9(7-14-8-13)6-10-4-2-3-5-11(10)12/h2-5,9H,6-7H2,1H3. The number of nitriles is 1. The van der Waals surface area contributed by atoms with E-state index < -0.39 is 0 Å². The summed E-state index contributed by atoms with van der Waals surface area (Å²) in [5.74, 6) is 1.35. The lowest BCUT2D eigenvalue weighted by Crippen LogP contribution is -2.02. The molecule has 0 aliphatic carbocycles. The molecular weight excluding hydrogens is 214 g/mol. The highest BCUT2D eigenvalue weighted by atomic mass is 35.5. The maximum atomic E-state index is 8.42. The van der Waals surface area contributed by atoms with E-state index in [0.29, 0.717) is 5.92 Å². The molecule has 0 fully saturated rings. The molecule has 1 aromatic rings. The maximum Gasteiger partial charge on any atom is 0.133 e. The van der Waals surface area contributed by atoms with Gasteiger partial charge in [-0.15, -0.1) is 0 Å². The van der Waals surface area contributed by atoms with Crippen LogP contribution in [0, 0.1) is 16.6 Å². The fourth-order valence-electron chi connectivity index (χ4n) is 1.28. The third-order valence-electron chi connectivity index (χ3n) is 1.96. The van der Waals surface area contributed by atoms with Crippen molar-refractivity contribution in [3.8, 4) is 5.40 Å². The van der Waals surface area contributed by atoms with E-state index in [2.05, 4.69) is 12.3 Å². The van der Waals surface area contributed by atoms with E-state index in [1.807, 2.05) is 24.3 Å². The van der Waals surface area contributed by atoms with Crippen LogP contribution in [0.1, 0.15) is 12.5 Å². The fourth-order valence-corrected chi connectivity index (χ4v) is 1.97. The lowest BCUT2D eigenvalue weighted by Gasteiger charge is -2.09. The van der Waals surface area contributed by atoms with E-state index in [9.17, 15) is 0 Å². The highest BCUT2D eigenvalue weighted by molar-refractivity contribution is 8.03. The molecule has 0 saturated carbocycles. The molecule has 1 nitrogen and oxygen atoms in total. The summed E-state index contributed by atoms with van der Waals surface area (Å²) in [4.78, 5) is 0. The van der Waals surface area contributed by atoms with Crippen LogP contribution >= 0.6 is 23.4 Å². The Bertz CT molecular complexity index is 332. The average Bonchev–Trinajstić information content (AvgIpc) is 2.18. The minimum atomic E-state index is 0.486. The minimum absolute atomic E-state index is 0.486. The zero-order valence-corrected chi connectivity index (χ0v) is 9.61. The predicted molar refractivity (Wildman–Crippen MR) is 62.4 cm³/mol. The van der Waals surface area contributed by atoms with Crippen LogP contribution in [0.15, 0.2) is 24.3 Å². The third kappa shape index (κ3) is 3.61. The van der Waals surface area contributed by atoms with Crippen molar-refractivity contribution < 1.29 is 0 Å². The second kappa shape index (κ2) is 5.95. The molecule has 0 saturated heterocycles. The first-order valence-corrected chi connectivity index (χ1v) is 5.84. The Morgan fingerprint density at radius 2 is 2.21 bits per heavy atom. The molecule has 0 amide bonds. The van der Waals surface area contributed by atoms with Crippen LogP contribution in [-0.2, 0) is 6.42 Å². The summed E-state index contributed by atoms with van der Waals surface area (Å²) in [7, 11) is 0. The molecule has 1 atom stereocenters. The second-order valence-corrected chi connectivity index (χ2v) is 4.51. The first kappa shape index (κ1) is 11.4. The average molecular weight is 226 g/mol. The van der Waals surface area contributed by atoms with Gasteiger partial charge in [-0.3, -0.25) is 0 Å². The second-order valence-electron chi connectivity index (χ2n) is 3.30. The van der Waals surface area contributed by atoms with Gasteiger partial charge in [0.05, 0.1) is 0 Å². The Hall–Kier alpha value is -0.650. The van der Waals surface area contributed by atoms with Gasteiger partial charge in [-0.05, 0) is 35.7 Å². The Balaban J connectivity index is 2.52. The Labute approximate surface area is 94.1 Å². The van der Waals surface area contributed by atoms with Gasteiger partial charge in [-0.1, -0.05) is 36.7 Å². The van der Waals surface area contributed by atoms with E-state index >= 15 is 0 Å². The van der Waals surface area contributed by atoms with Crippen molar-refractivity contribution in [1.29, 1.82) is 5.26 Å². The van der Waals surface area contributed by atoms with Crippen molar-refractivity contribution in [3.63, 3.8) is 0 Å². The topological polar surface area (TPSA) is 23.8 Å². The van der Waals surface area contributed by atoms with Gasteiger partial charge in [0.25, 0.3) is 0 Å². The molecule has 0 heterocycles. The highest BCUT2D eigenvalue weighted by Crippen LogP contribution is 2.20. The number of hydrogen-bond donors (Lipinski definition) is 0. The van der Waals surface area contributed by atoms with E-state index in [-0.39, 0.29) is 0 Å². The summed E-state index contributed by atoms with van der Waals surface area (Å²) in [6.07, 6.45) is 0.939. The first-order valence-electron chi connectivity index (χ1n) is 4.48. The van der Waals surface area contributed by atoms with Crippen LogP contribution in [-0.4, -0.2) is 5.75 Å². The molecule has 0 bridgehead atoms. The number of halogens is 1. The van der Waals surface area contributed by atoms with Crippen molar-refractivity contribution in [1.82, 2.24) is 0 Å². The van der Waals surface area contributed by atoms with Crippen LogP contribution in [0.25, 0.3) is 0 Å². The SMILES string of the molecule is CC(CSC#N)Cc1ccccc1Cl. The van der Waals surface area contributed by atoms with Crippen LogP contribution in [0.5, 0.6) is 0 Å². The molecule has 0 aromatic heterocycles. The van der Waals surface area contributed by atoms with Gasteiger partial charge >= 0.3 is 0 Å². The molecule has 1 rings (SSSR count). The van der Waals surface area contributed by atoms with Gasteiger partial charge < -0.3 is 0 Å². The summed E-state index contributed by atoms with van der Waals surface area (Å²) in [5.41, 5.74) is 1.17. The largest absolute Gasteiger partial charge is 0.185 e. The van der Waals surface area contributed by atoms with Crippen LogP contribution in [0.4, 0.5) is 0 Å². The molecule has 1 unspecified atom stereocenters.